The molecular weight excluding hydrogens is 367 g/mol. The Kier molecular flexibility index (Phi) is 4.01. The van der Waals surface area contributed by atoms with Crippen LogP contribution in [0.4, 0.5) is 4.39 Å². The molecule has 1 aliphatic rings. The molecule has 0 saturated heterocycles. The molecule has 0 N–H and O–H groups in total. The molecule has 0 radical (unpaired) electrons. The fraction of sp³-hybridized carbons (Fsp3) is 0.217. The number of pyridine rings is 2. The highest BCUT2D eigenvalue weighted by Gasteiger charge is 2.26. The fourth-order valence-corrected chi connectivity index (χ4v) is 3.55. The molecule has 1 aromatic carbocycles. The number of halogens is 1. The van der Waals surface area contributed by atoms with Gasteiger partial charge in [-0.05, 0) is 74.7 Å². The normalized spacial score (nSPS) is 13.8. The van der Waals surface area contributed by atoms with Gasteiger partial charge in [0.2, 0.25) is 0 Å². The van der Waals surface area contributed by atoms with Gasteiger partial charge in [-0.15, -0.1) is 0 Å². The summed E-state index contributed by atoms with van der Waals surface area (Å²) in [7, 11) is 0. The van der Waals surface area contributed by atoms with E-state index in [1.54, 1.807) is 18.3 Å². The second kappa shape index (κ2) is 6.58. The molecular formula is C23H19FN4O. The Labute approximate surface area is 166 Å². The topological polar surface area (TPSA) is 60.7 Å². The smallest absolute Gasteiger partial charge is 0.265 e. The van der Waals surface area contributed by atoms with Gasteiger partial charge in [0.05, 0.1) is 5.69 Å². The molecule has 144 valence electrons. The van der Waals surface area contributed by atoms with E-state index in [1.165, 1.54) is 16.8 Å². The van der Waals surface area contributed by atoms with Gasteiger partial charge >= 0.3 is 0 Å². The third-order valence-electron chi connectivity index (χ3n) is 5.32. The summed E-state index contributed by atoms with van der Waals surface area (Å²) >= 11 is 0. The zero-order chi connectivity index (χ0) is 20.1. The van der Waals surface area contributed by atoms with E-state index in [4.69, 9.17) is 5.10 Å². The molecule has 0 atom stereocenters. The first-order chi connectivity index (χ1) is 14.0. The predicted octanol–water partition coefficient (Wildman–Crippen LogP) is 4.48. The third kappa shape index (κ3) is 3.10. The van der Waals surface area contributed by atoms with E-state index in [-0.39, 0.29) is 11.4 Å². The molecule has 0 aliphatic heterocycles. The Morgan fingerprint density at radius 3 is 2.55 bits per heavy atom. The van der Waals surface area contributed by atoms with E-state index in [9.17, 15) is 9.18 Å². The van der Waals surface area contributed by atoms with Crippen LogP contribution in [0.2, 0.25) is 0 Å². The van der Waals surface area contributed by atoms with Crippen LogP contribution in [0.25, 0.3) is 27.8 Å². The highest BCUT2D eigenvalue weighted by Crippen LogP contribution is 2.39. The number of aromatic nitrogens is 4. The molecule has 3 aromatic heterocycles. The molecule has 5 rings (SSSR count). The Hall–Kier alpha value is -3.41. The molecule has 0 spiro atoms. The number of benzene rings is 1. The van der Waals surface area contributed by atoms with Crippen molar-refractivity contribution in [1.29, 1.82) is 0 Å². The van der Waals surface area contributed by atoms with Gasteiger partial charge in [0.25, 0.3) is 5.56 Å². The van der Waals surface area contributed by atoms with Gasteiger partial charge in [-0.25, -0.2) is 9.37 Å². The highest BCUT2D eigenvalue weighted by molar-refractivity contribution is 5.91. The average molecular weight is 386 g/mol. The maximum absolute atomic E-state index is 13.5. The summed E-state index contributed by atoms with van der Waals surface area (Å²) in [6.45, 7) is 3.77. The summed E-state index contributed by atoms with van der Waals surface area (Å²) in [5, 5.41) is 5.35. The molecule has 6 heteroatoms. The molecule has 1 aliphatic carbocycles. The molecule has 0 unspecified atom stereocenters. The maximum Gasteiger partial charge on any atom is 0.298 e. The summed E-state index contributed by atoms with van der Waals surface area (Å²) < 4.78 is 14.9. The van der Waals surface area contributed by atoms with Crippen molar-refractivity contribution in [3.63, 3.8) is 0 Å². The summed E-state index contributed by atoms with van der Waals surface area (Å²) in [4.78, 5) is 22.3. The van der Waals surface area contributed by atoms with E-state index in [1.807, 2.05) is 32.0 Å². The van der Waals surface area contributed by atoms with Crippen molar-refractivity contribution in [3.05, 3.63) is 81.8 Å². The minimum absolute atomic E-state index is 0.273. The third-order valence-corrected chi connectivity index (χ3v) is 5.32. The van der Waals surface area contributed by atoms with Gasteiger partial charge in [-0.3, -0.25) is 9.78 Å². The Balaban J connectivity index is 1.83. The van der Waals surface area contributed by atoms with Gasteiger partial charge in [0.15, 0.2) is 0 Å². The van der Waals surface area contributed by atoms with Crippen LogP contribution < -0.4 is 5.56 Å². The largest absolute Gasteiger partial charge is 0.298 e. The van der Waals surface area contributed by atoms with E-state index in [0.29, 0.717) is 28.2 Å². The van der Waals surface area contributed by atoms with Crippen molar-refractivity contribution in [3.8, 4) is 16.9 Å². The van der Waals surface area contributed by atoms with Crippen LogP contribution in [0.5, 0.6) is 0 Å². The van der Waals surface area contributed by atoms with Gasteiger partial charge in [0, 0.05) is 34.5 Å². The Morgan fingerprint density at radius 2 is 1.83 bits per heavy atom. The van der Waals surface area contributed by atoms with Gasteiger partial charge < -0.3 is 0 Å². The van der Waals surface area contributed by atoms with Crippen LogP contribution in [-0.2, 0) is 0 Å². The molecule has 29 heavy (non-hydrogen) atoms. The monoisotopic (exact) mass is 386 g/mol. The van der Waals surface area contributed by atoms with E-state index in [0.717, 1.165) is 35.4 Å². The van der Waals surface area contributed by atoms with Crippen molar-refractivity contribution in [2.45, 2.75) is 32.6 Å². The van der Waals surface area contributed by atoms with Crippen LogP contribution in [0.15, 0.2) is 53.5 Å². The van der Waals surface area contributed by atoms with Crippen molar-refractivity contribution in [2.24, 2.45) is 0 Å². The zero-order valence-corrected chi connectivity index (χ0v) is 16.2. The first-order valence-electron chi connectivity index (χ1n) is 9.65. The van der Waals surface area contributed by atoms with E-state index >= 15 is 0 Å². The summed E-state index contributed by atoms with van der Waals surface area (Å²) in [5.41, 5.74) is 4.71. The maximum atomic E-state index is 13.5. The van der Waals surface area contributed by atoms with Crippen LogP contribution >= 0.6 is 0 Å². The van der Waals surface area contributed by atoms with Gasteiger partial charge in [-0.2, -0.15) is 9.78 Å². The Bertz CT molecular complexity index is 1310. The summed E-state index contributed by atoms with van der Waals surface area (Å²) in [6.07, 6.45) is 4.04. The van der Waals surface area contributed by atoms with E-state index in [2.05, 4.69) is 9.97 Å². The SMILES string of the molecule is Cc1ccc2c(-c3ccc(F)cc3)nn(-c3cc(C4CC4)ncc3C)c(=O)c2n1. The number of hydrogen-bond acceptors (Lipinski definition) is 4. The summed E-state index contributed by atoms with van der Waals surface area (Å²) in [5.74, 6) is 0.141. The quantitative estimate of drug-likeness (QED) is 0.521. The molecule has 3 heterocycles. The lowest BCUT2D eigenvalue weighted by atomic mass is 10.1. The lowest BCUT2D eigenvalue weighted by molar-refractivity contribution is 0.628. The van der Waals surface area contributed by atoms with E-state index < -0.39 is 0 Å². The van der Waals surface area contributed by atoms with Crippen molar-refractivity contribution in [2.75, 3.05) is 0 Å². The highest BCUT2D eigenvalue weighted by atomic mass is 19.1. The van der Waals surface area contributed by atoms with Crippen LogP contribution in [0.3, 0.4) is 0 Å². The van der Waals surface area contributed by atoms with Gasteiger partial charge in [-0.1, -0.05) is 0 Å². The lowest BCUT2D eigenvalue weighted by Gasteiger charge is -2.14. The lowest BCUT2D eigenvalue weighted by Crippen LogP contribution is -2.24. The zero-order valence-electron chi connectivity index (χ0n) is 16.2. The molecule has 1 fully saturated rings. The number of hydrogen-bond donors (Lipinski definition) is 0. The molecule has 5 nitrogen and oxygen atoms in total. The molecule has 0 bridgehead atoms. The Morgan fingerprint density at radius 1 is 1.07 bits per heavy atom. The predicted molar refractivity (Wildman–Crippen MR) is 110 cm³/mol. The second-order valence-corrected chi connectivity index (χ2v) is 7.59. The second-order valence-electron chi connectivity index (χ2n) is 7.59. The van der Waals surface area contributed by atoms with Crippen molar-refractivity contribution in [1.82, 2.24) is 19.7 Å². The van der Waals surface area contributed by atoms with Crippen LogP contribution in [-0.4, -0.2) is 19.7 Å². The minimum Gasteiger partial charge on any atom is -0.265 e. The van der Waals surface area contributed by atoms with Gasteiger partial charge in [0.1, 0.15) is 17.0 Å². The average Bonchev–Trinajstić information content (AvgIpc) is 3.55. The standard InChI is InChI=1S/C23H19FN4O/c1-13-12-25-19(15-4-5-15)11-20(13)28-23(29)22-18(10-3-14(2)26-22)21(27-28)16-6-8-17(24)9-7-16/h3,6-12,15H,4-5H2,1-2H3. The molecule has 4 aromatic rings. The molecule has 1 saturated carbocycles. The number of rotatable bonds is 3. The van der Waals surface area contributed by atoms with Crippen molar-refractivity contribution < 1.29 is 4.39 Å². The van der Waals surface area contributed by atoms with Crippen LogP contribution in [0.1, 0.15) is 35.7 Å². The molecule has 0 amide bonds. The first kappa shape index (κ1) is 17.7. The number of fused-ring (bicyclic) bond motifs is 1. The van der Waals surface area contributed by atoms with Crippen molar-refractivity contribution >= 4 is 10.9 Å². The first-order valence-corrected chi connectivity index (χ1v) is 9.65. The minimum atomic E-state index is -0.320. The number of nitrogens with zero attached hydrogens (tertiary/aromatic N) is 4. The number of aryl methyl sites for hydroxylation is 2. The summed E-state index contributed by atoms with van der Waals surface area (Å²) in [6, 6.07) is 11.8. The fourth-order valence-electron chi connectivity index (χ4n) is 3.55. The van der Waals surface area contributed by atoms with Crippen LogP contribution in [0, 0.1) is 19.7 Å².